The first kappa shape index (κ1) is 20.3. The molecular weight excluding hydrogens is 447 g/mol. The van der Waals surface area contributed by atoms with E-state index >= 15 is 0 Å². The number of rotatable bonds is 5. The number of ether oxygens (including phenoxy) is 2. The normalized spacial score (nSPS) is 15.5. The molecule has 8 heteroatoms. The Bertz CT molecular complexity index is 980. The van der Waals surface area contributed by atoms with E-state index in [1.165, 1.54) is 24.1 Å². The van der Waals surface area contributed by atoms with Gasteiger partial charge in [-0.1, -0.05) is 12.1 Å². The summed E-state index contributed by atoms with van der Waals surface area (Å²) in [6, 6.07) is 9.79. The molecule has 0 unspecified atom stereocenters. The molecule has 2 aromatic carbocycles. The van der Waals surface area contributed by atoms with Crippen LogP contribution in [0.15, 0.2) is 46.6 Å². The Balaban J connectivity index is 1.89. The first-order valence-corrected chi connectivity index (χ1v) is 9.54. The summed E-state index contributed by atoms with van der Waals surface area (Å²) in [7, 11) is 4.92. The fourth-order valence-corrected chi connectivity index (χ4v) is 3.55. The van der Waals surface area contributed by atoms with Crippen molar-refractivity contribution >= 4 is 45.2 Å². The monoisotopic (exact) mass is 464 g/mol. The van der Waals surface area contributed by atoms with Crippen LogP contribution in [0.25, 0.3) is 6.08 Å². The van der Waals surface area contributed by atoms with Gasteiger partial charge in [0.2, 0.25) is 0 Å². The van der Waals surface area contributed by atoms with Gasteiger partial charge in [-0.05, 0) is 69.6 Å². The van der Waals surface area contributed by atoms with Crippen molar-refractivity contribution in [3.05, 3.63) is 63.5 Å². The molecule has 0 spiro atoms. The molecule has 0 atom stereocenters. The molecule has 0 bridgehead atoms. The van der Waals surface area contributed by atoms with E-state index in [9.17, 15) is 9.18 Å². The number of hydrogen-bond donors (Lipinski definition) is 0. The molecule has 2 aromatic rings. The molecule has 0 N–H and O–H groups in total. The lowest BCUT2D eigenvalue weighted by Crippen LogP contribution is -2.26. The van der Waals surface area contributed by atoms with Crippen molar-refractivity contribution in [1.29, 1.82) is 0 Å². The SMILES string of the molecule is COc1cc(/C=C2/C(=O)N(C)C(=S)N2C)cc(Br)c1OCc1cccc(F)c1. The van der Waals surface area contributed by atoms with E-state index in [4.69, 9.17) is 21.7 Å². The molecular formula is C20H18BrFN2O3S. The van der Waals surface area contributed by atoms with Gasteiger partial charge in [-0.15, -0.1) is 0 Å². The fraction of sp³-hybridized carbons (Fsp3) is 0.200. The van der Waals surface area contributed by atoms with E-state index < -0.39 is 0 Å². The molecule has 1 aliphatic heterocycles. The van der Waals surface area contributed by atoms with Crippen molar-refractivity contribution in [2.45, 2.75) is 6.61 Å². The smallest absolute Gasteiger partial charge is 0.276 e. The van der Waals surface area contributed by atoms with E-state index in [1.54, 1.807) is 43.3 Å². The predicted molar refractivity (Wildman–Crippen MR) is 113 cm³/mol. The molecule has 1 amide bonds. The number of thiocarbonyl (C=S) groups is 1. The molecule has 0 radical (unpaired) electrons. The average Bonchev–Trinajstić information content (AvgIpc) is 2.84. The molecule has 0 saturated carbocycles. The van der Waals surface area contributed by atoms with Gasteiger partial charge in [0, 0.05) is 14.1 Å². The van der Waals surface area contributed by atoms with Gasteiger partial charge in [-0.25, -0.2) is 4.39 Å². The molecule has 0 aromatic heterocycles. The standard InChI is InChI=1S/C20H18BrFN2O3S/c1-23-16(19(25)24(2)20(23)28)9-13-8-15(21)18(17(10-13)26-3)27-11-12-5-4-6-14(22)7-12/h4-10H,11H2,1-3H3/b16-9-. The number of likely N-dealkylation sites (N-methyl/N-ethyl adjacent to an activating group) is 2. The van der Waals surface area contributed by atoms with Crippen molar-refractivity contribution in [3.8, 4) is 11.5 Å². The maximum Gasteiger partial charge on any atom is 0.276 e. The molecule has 3 rings (SSSR count). The van der Waals surface area contributed by atoms with Crippen LogP contribution in [0.5, 0.6) is 11.5 Å². The Morgan fingerprint density at radius 3 is 2.57 bits per heavy atom. The molecule has 1 aliphatic rings. The zero-order chi connectivity index (χ0) is 20.4. The second-order valence-electron chi connectivity index (χ2n) is 6.19. The van der Waals surface area contributed by atoms with E-state index in [-0.39, 0.29) is 18.3 Å². The number of carbonyl (C=O) groups excluding carboxylic acids is 1. The maximum absolute atomic E-state index is 13.3. The van der Waals surface area contributed by atoms with Crippen LogP contribution in [-0.4, -0.2) is 42.0 Å². The first-order chi connectivity index (χ1) is 13.3. The third kappa shape index (κ3) is 4.02. The summed E-state index contributed by atoms with van der Waals surface area (Å²) in [5.74, 6) is 0.491. The summed E-state index contributed by atoms with van der Waals surface area (Å²) >= 11 is 8.72. The minimum Gasteiger partial charge on any atom is -0.493 e. The minimum atomic E-state index is -0.317. The van der Waals surface area contributed by atoms with Crippen molar-refractivity contribution in [2.75, 3.05) is 21.2 Å². The van der Waals surface area contributed by atoms with E-state index in [0.717, 1.165) is 5.56 Å². The summed E-state index contributed by atoms with van der Waals surface area (Å²) in [5.41, 5.74) is 1.92. The summed E-state index contributed by atoms with van der Waals surface area (Å²) in [6.45, 7) is 0.188. The minimum absolute atomic E-state index is 0.172. The second-order valence-corrected chi connectivity index (χ2v) is 7.41. The lowest BCUT2D eigenvalue weighted by atomic mass is 10.1. The largest absolute Gasteiger partial charge is 0.493 e. The van der Waals surface area contributed by atoms with E-state index in [0.29, 0.717) is 32.3 Å². The zero-order valence-electron chi connectivity index (χ0n) is 15.5. The Morgan fingerprint density at radius 1 is 1.21 bits per heavy atom. The van der Waals surface area contributed by atoms with Crippen LogP contribution in [0, 0.1) is 5.82 Å². The van der Waals surface area contributed by atoms with Gasteiger partial charge in [0.05, 0.1) is 11.6 Å². The molecule has 1 heterocycles. The van der Waals surface area contributed by atoms with Gasteiger partial charge in [-0.2, -0.15) is 0 Å². The number of methoxy groups -OCH3 is 1. The third-order valence-corrected chi connectivity index (χ3v) is 5.42. The van der Waals surface area contributed by atoms with Crippen LogP contribution in [0.3, 0.4) is 0 Å². The number of nitrogens with zero attached hydrogens (tertiary/aromatic N) is 2. The van der Waals surface area contributed by atoms with Crippen LogP contribution in [-0.2, 0) is 11.4 Å². The van der Waals surface area contributed by atoms with Gasteiger partial charge >= 0.3 is 0 Å². The summed E-state index contributed by atoms with van der Waals surface area (Å²) in [4.78, 5) is 15.4. The predicted octanol–water partition coefficient (Wildman–Crippen LogP) is 4.21. The second kappa shape index (κ2) is 8.28. The van der Waals surface area contributed by atoms with E-state index in [2.05, 4.69) is 15.9 Å². The summed E-state index contributed by atoms with van der Waals surface area (Å²) in [6.07, 6.45) is 1.74. The number of amides is 1. The zero-order valence-corrected chi connectivity index (χ0v) is 17.9. The Hall–Kier alpha value is -2.45. The molecule has 1 saturated heterocycles. The van der Waals surface area contributed by atoms with Crippen molar-refractivity contribution in [3.63, 3.8) is 0 Å². The van der Waals surface area contributed by atoms with Gasteiger partial charge in [0.1, 0.15) is 18.1 Å². The summed E-state index contributed by atoms with van der Waals surface area (Å²) < 4.78 is 25.3. The van der Waals surface area contributed by atoms with Gasteiger partial charge in [-0.3, -0.25) is 9.69 Å². The van der Waals surface area contributed by atoms with Crippen molar-refractivity contribution in [1.82, 2.24) is 9.80 Å². The third-order valence-electron chi connectivity index (χ3n) is 4.29. The highest BCUT2D eigenvalue weighted by Gasteiger charge is 2.32. The van der Waals surface area contributed by atoms with E-state index in [1.807, 2.05) is 6.07 Å². The molecule has 5 nitrogen and oxygen atoms in total. The van der Waals surface area contributed by atoms with Crippen LogP contribution in [0.4, 0.5) is 4.39 Å². The van der Waals surface area contributed by atoms with Crippen molar-refractivity contribution < 1.29 is 18.7 Å². The lowest BCUT2D eigenvalue weighted by Gasteiger charge is -2.14. The quantitative estimate of drug-likeness (QED) is 0.489. The fourth-order valence-electron chi connectivity index (χ4n) is 2.79. The molecule has 28 heavy (non-hydrogen) atoms. The number of carbonyl (C=O) groups is 1. The first-order valence-electron chi connectivity index (χ1n) is 8.34. The topological polar surface area (TPSA) is 42.0 Å². The van der Waals surface area contributed by atoms with Gasteiger partial charge < -0.3 is 14.4 Å². The lowest BCUT2D eigenvalue weighted by molar-refractivity contribution is -0.121. The van der Waals surface area contributed by atoms with Gasteiger partial charge in [0.25, 0.3) is 5.91 Å². The summed E-state index contributed by atoms with van der Waals surface area (Å²) in [5, 5.41) is 0.442. The van der Waals surface area contributed by atoms with Crippen molar-refractivity contribution in [2.24, 2.45) is 0 Å². The Kier molecular flexibility index (Phi) is 6.00. The maximum atomic E-state index is 13.3. The number of benzene rings is 2. The van der Waals surface area contributed by atoms with Crippen LogP contribution >= 0.6 is 28.1 Å². The number of hydrogen-bond acceptors (Lipinski definition) is 4. The highest BCUT2D eigenvalue weighted by Crippen LogP contribution is 2.38. The molecule has 0 aliphatic carbocycles. The molecule has 146 valence electrons. The van der Waals surface area contributed by atoms with Crippen LogP contribution < -0.4 is 9.47 Å². The Labute approximate surface area is 176 Å². The van der Waals surface area contributed by atoms with Gasteiger partial charge in [0.15, 0.2) is 16.6 Å². The average molecular weight is 465 g/mol. The highest BCUT2D eigenvalue weighted by atomic mass is 79.9. The van der Waals surface area contributed by atoms with Crippen LogP contribution in [0.2, 0.25) is 0 Å². The Morgan fingerprint density at radius 2 is 1.96 bits per heavy atom. The number of halogens is 2. The van der Waals surface area contributed by atoms with Crippen LogP contribution in [0.1, 0.15) is 11.1 Å². The highest BCUT2D eigenvalue weighted by molar-refractivity contribution is 9.10. The molecule has 1 fully saturated rings.